The molecule has 1 aromatic rings. The van der Waals surface area contributed by atoms with E-state index in [1.807, 2.05) is 4.90 Å². The topological polar surface area (TPSA) is 64.2 Å². The monoisotopic (exact) mass is 572 g/mol. The number of hydrogen-bond acceptors (Lipinski definition) is 4. The first-order valence-corrected chi connectivity index (χ1v) is 15.2. The number of amides is 4. The summed E-state index contributed by atoms with van der Waals surface area (Å²) in [5.41, 5.74) is 0.590. The van der Waals surface area contributed by atoms with Crippen molar-refractivity contribution in [3.8, 4) is 0 Å². The molecule has 222 valence electrons. The molecular weight excluding hydrogens is 524 g/mol. The van der Waals surface area contributed by atoms with Gasteiger partial charge in [0.25, 0.3) is 5.91 Å². The van der Waals surface area contributed by atoms with Crippen molar-refractivity contribution in [1.82, 2.24) is 19.6 Å². The number of piperidine rings is 1. The van der Waals surface area contributed by atoms with Gasteiger partial charge in [-0.1, -0.05) is 65.0 Å². The summed E-state index contributed by atoms with van der Waals surface area (Å²) in [6, 6.07) is 10.6. The summed E-state index contributed by atoms with van der Waals surface area (Å²) in [6.45, 7) is 15.9. The number of likely N-dealkylation sites (tertiary alicyclic amines) is 2. The predicted octanol–water partition coefficient (Wildman–Crippen LogP) is 5.25. The van der Waals surface area contributed by atoms with E-state index in [0.29, 0.717) is 56.0 Å². The minimum atomic E-state index is -0.685. The second kappa shape index (κ2) is 12.0. The number of carbonyl (C=O) groups excluding carboxylic acids is 3. The number of halogens is 1. The van der Waals surface area contributed by atoms with Crippen LogP contribution in [0.5, 0.6) is 0 Å². The standard InChI is InChI=1S/C32H48N4O3.ClH/c1-23(2)18-36-30(39)35(19-24-11-12-24)29(38)32(36)13-15-33(16-14-32)20-26-21-34(28(37)17-31(3,4)5)22-27(26)25-9-7-6-8-10-25;/h6-10,23-24,26-27H,11-22H2,1-5H3;1H. The maximum absolute atomic E-state index is 13.8. The molecule has 4 aliphatic rings. The van der Waals surface area contributed by atoms with Gasteiger partial charge in [-0.2, -0.15) is 0 Å². The van der Waals surface area contributed by atoms with Crippen LogP contribution in [0.1, 0.15) is 78.2 Å². The summed E-state index contributed by atoms with van der Waals surface area (Å²) < 4.78 is 0. The molecule has 1 aliphatic carbocycles. The number of benzene rings is 1. The fraction of sp³-hybridized carbons (Fsp3) is 0.719. The lowest BCUT2D eigenvalue weighted by Crippen LogP contribution is -2.57. The smallest absolute Gasteiger partial charge is 0.327 e. The van der Waals surface area contributed by atoms with E-state index in [1.165, 1.54) is 5.56 Å². The summed E-state index contributed by atoms with van der Waals surface area (Å²) in [5.74, 6) is 1.77. The van der Waals surface area contributed by atoms with Crippen LogP contribution in [0.25, 0.3) is 0 Å². The lowest BCUT2D eigenvalue weighted by Gasteiger charge is -2.43. The molecule has 3 saturated heterocycles. The first kappa shape index (κ1) is 30.8. The van der Waals surface area contributed by atoms with E-state index >= 15 is 0 Å². The maximum atomic E-state index is 13.8. The number of imide groups is 1. The van der Waals surface area contributed by atoms with E-state index in [2.05, 4.69) is 74.8 Å². The number of urea groups is 1. The van der Waals surface area contributed by atoms with Gasteiger partial charge in [0.2, 0.25) is 5.91 Å². The highest BCUT2D eigenvalue weighted by Crippen LogP contribution is 2.41. The average molecular weight is 573 g/mol. The van der Waals surface area contributed by atoms with Gasteiger partial charge in [0.1, 0.15) is 5.54 Å². The molecule has 8 heteroatoms. The lowest BCUT2D eigenvalue weighted by molar-refractivity contribution is -0.136. The van der Waals surface area contributed by atoms with Crippen LogP contribution in [0.3, 0.4) is 0 Å². The molecule has 40 heavy (non-hydrogen) atoms. The summed E-state index contributed by atoms with van der Waals surface area (Å²) in [6.07, 6.45) is 4.21. The van der Waals surface area contributed by atoms with Gasteiger partial charge in [0, 0.05) is 58.2 Å². The van der Waals surface area contributed by atoms with Gasteiger partial charge in [0.05, 0.1) is 0 Å². The van der Waals surface area contributed by atoms with Crippen LogP contribution < -0.4 is 0 Å². The van der Waals surface area contributed by atoms with E-state index in [1.54, 1.807) is 4.90 Å². The van der Waals surface area contributed by atoms with Gasteiger partial charge in [-0.05, 0) is 54.4 Å². The van der Waals surface area contributed by atoms with Crippen LogP contribution in [-0.2, 0) is 9.59 Å². The third-order valence-corrected chi connectivity index (χ3v) is 9.19. The first-order chi connectivity index (χ1) is 18.5. The zero-order chi connectivity index (χ0) is 27.9. The maximum Gasteiger partial charge on any atom is 0.327 e. The van der Waals surface area contributed by atoms with Gasteiger partial charge in [-0.3, -0.25) is 14.5 Å². The molecule has 3 aliphatic heterocycles. The summed E-state index contributed by atoms with van der Waals surface area (Å²) in [5, 5.41) is 0. The molecule has 5 rings (SSSR count). The Morgan fingerprint density at radius 1 is 1.00 bits per heavy atom. The van der Waals surface area contributed by atoms with Gasteiger partial charge in [-0.25, -0.2) is 4.79 Å². The Balaban J connectivity index is 0.00000370. The molecule has 2 unspecified atom stereocenters. The van der Waals surface area contributed by atoms with Crippen molar-refractivity contribution < 1.29 is 14.4 Å². The minimum absolute atomic E-state index is 0. The largest absolute Gasteiger partial charge is 0.342 e. The van der Waals surface area contributed by atoms with Crippen LogP contribution in [0.2, 0.25) is 0 Å². The zero-order valence-corrected chi connectivity index (χ0v) is 25.9. The molecular formula is C32H49ClN4O3. The zero-order valence-electron chi connectivity index (χ0n) is 25.1. The molecule has 4 fully saturated rings. The molecule has 0 bridgehead atoms. The van der Waals surface area contributed by atoms with Crippen molar-refractivity contribution in [2.45, 2.75) is 78.2 Å². The van der Waals surface area contributed by atoms with Gasteiger partial charge in [-0.15, -0.1) is 12.4 Å². The third kappa shape index (κ3) is 6.51. The van der Waals surface area contributed by atoms with Crippen molar-refractivity contribution >= 4 is 30.3 Å². The van der Waals surface area contributed by atoms with Crippen LogP contribution >= 0.6 is 12.4 Å². The molecule has 1 spiro atoms. The van der Waals surface area contributed by atoms with E-state index in [9.17, 15) is 14.4 Å². The fourth-order valence-corrected chi connectivity index (χ4v) is 6.94. The summed E-state index contributed by atoms with van der Waals surface area (Å²) in [7, 11) is 0. The first-order valence-electron chi connectivity index (χ1n) is 15.2. The van der Waals surface area contributed by atoms with Crippen molar-refractivity contribution in [1.29, 1.82) is 0 Å². The van der Waals surface area contributed by atoms with E-state index in [-0.39, 0.29) is 35.7 Å². The Kier molecular flexibility index (Phi) is 9.26. The Hall–Kier alpha value is -2.12. The molecule has 4 amide bonds. The van der Waals surface area contributed by atoms with Crippen LogP contribution in [0.4, 0.5) is 4.79 Å². The highest BCUT2D eigenvalue weighted by molar-refractivity contribution is 6.07. The molecule has 2 atom stereocenters. The SMILES string of the molecule is CC(C)CN1C(=O)N(CC2CC2)C(=O)C12CCN(CC1CN(C(=O)CC(C)(C)C)CC1c1ccccc1)CC2.Cl. The lowest BCUT2D eigenvalue weighted by atomic mass is 9.83. The Morgan fingerprint density at radius 3 is 2.23 bits per heavy atom. The minimum Gasteiger partial charge on any atom is -0.342 e. The number of nitrogens with zero attached hydrogens (tertiary/aromatic N) is 4. The Labute approximate surface area is 247 Å². The van der Waals surface area contributed by atoms with Crippen molar-refractivity contribution in [3.63, 3.8) is 0 Å². The molecule has 1 saturated carbocycles. The Bertz CT molecular complexity index is 1060. The van der Waals surface area contributed by atoms with Crippen molar-refractivity contribution in [2.75, 3.05) is 45.8 Å². The van der Waals surface area contributed by atoms with Crippen LogP contribution in [0, 0.1) is 23.2 Å². The van der Waals surface area contributed by atoms with E-state index in [0.717, 1.165) is 45.6 Å². The quantitative estimate of drug-likeness (QED) is 0.399. The number of rotatable bonds is 8. The fourth-order valence-electron chi connectivity index (χ4n) is 6.94. The molecule has 3 heterocycles. The normalized spacial score (nSPS) is 25.3. The van der Waals surface area contributed by atoms with Crippen LogP contribution in [0.15, 0.2) is 30.3 Å². The molecule has 0 aromatic heterocycles. The molecule has 0 radical (unpaired) electrons. The summed E-state index contributed by atoms with van der Waals surface area (Å²) in [4.78, 5) is 48.4. The number of hydrogen-bond donors (Lipinski definition) is 0. The molecule has 1 aromatic carbocycles. The molecule has 7 nitrogen and oxygen atoms in total. The number of carbonyl (C=O) groups is 3. The highest BCUT2D eigenvalue weighted by atomic mass is 35.5. The van der Waals surface area contributed by atoms with Gasteiger partial charge >= 0.3 is 6.03 Å². The van der Waals surface area contributed by atoms with Crippen LogP contribution in [-0.4, -0.2) is 88.8 Å². The van der Waals surface area contributed by atoms with E-state index < -0.39 is 5.54 Å². The summed E-state index contributed by atoms with van der Waals surface area (Å²) >= 11 is 0. The van der Waals surface area contributed by atoms with Gasteiger partial charge < -0.3 is 14.7 Å². The average Bonchev–Trinajstić information content (AvgIpc) is 3.58. The molecule has 0 N–H and O–H groups in total. The highest BCUT2D eigenvalue weighted by Gasteiger charge is 2.58. The van der Waals surface area contributed by atoms with Crippen molar-refractivity contribution in [3.05, 3.63) is 35.9 Å². The van der Waals surface area contributed by atoms with E-state index in [4.69, 9.17) is 0 Å². The second-order valence-corrected chi connectivity index (χ2v) is 14.3. The van der Waals surface area contributed by atoms with Gasteiger partial charge in [0.15, 0.2) is 0 Å². The second-order valence-electron chi connectivity index (χ2n) is 14.3. The predicted molar refractivity (Wildman–Crippen MR) is 160 cm³/mol. The third-order valence-electron chi connectivity index (χ3n) is 9.19. The van der Waals surface area contributed by atoms with Crippen molar-refractivity contribution in [2.24, 2.45) is 23.2 Å². The Morgan fingerprint density at radius 2 is 1.65 bits per heavy atom.